The quantitative estimate of drug-likeness (QED) is 0.732. The standard InChI is InChI=1S/C15H25NO2S/c1-12(2)15(5-6-15)11-16-8-13(17)9-18-10-14-4-3-7-19-14/h3-4,7,12-13,16-17H,5-6,8-11H2,1-2H3. The van der Waals surface area contributed by atoms with E-state index in [9.17, 15) is 5.11 Å². The van der Waals surface area contributed by atoms with Gasteiger partial charge in [0.15, 0.2) is 0 Å². The SMILES string of the molecule is CC(C)C1(CNCC(O)COCc2cccs2)CC1. The predicted octanol–water partition coefficient (Wildman–Crippen LogP) is 2.65. The van der Waals surface area contributed by atoms with E-state index in [-0.39, 0.29) is 0 Å². The van der Waals surface area contributed by atoms with Gasteiger partial charge in [0.25, 0.3) is 0 Å². The van der Waals surface area contributed by atoms with Crippen LogP contribution in [0.1, 0.15) is 31.6 Å². The second-order valence-electron chi connectivity index (χ2n) is 5.90. The second-order valence-corrected chi connectivity index (χ2v) is 6.93. The number of ether oxygens (including phenoxy) is 1. The topological polar surface area (TPSA) is 41.5 Å². The highest BCUT2D eigenvalue weighted by atomic mass is 32.1. The van der Waals surface area contributed by atoms with Crippen LogP contribution in [0.4, 0.5) is 0 Å². The minimum absolute atomic E-state index is 0.402. The molecule has 2 rings (SSSR count). The van der Waals surface area contributed by atoms with Crippen LogP contribution in [0.15, 0.2) is 17.5 Å². The van der Waals surface area contributed by atoms with E-state index in [1.54, 1.807) is 11.3 Å². The van der Waals surface area contributed by atoms with Gasteiger partial charge in [0.2, 0.25) is 0 Å². The Morgan fingerprint density at radius 3 is 2.84 bits per heavy atom. The number of aliphatic hydroxyl groups excluding tert-OH is 1. The van der Waals surface area contributed by atoms with Gasteiger partial charge < -0.3 is 15.2 Å². The Labute approximate surface area is 120 Å². The van der Waals surface area contributed by atoms with Crippen molar-refractivity contribution in [1.29, 1.82) is 0 Å². The summed E-state index contributed by atoms with van der Waals surface area (Å²) in [5, 5.41) is 15.3. The van der Waals surface area contributed by atoms with Crippen molar-refractivity contribution in [3.63, 3.8) is 0 Å². The Morgan fingerprint density at radius 2 is 2.26 bits per heavy atom. The van der Waals surface area contributed by atoms with Crippen molar-refractivity contribution in [2.24, 2.45) is 11.3 Å². The van der Waals surface area contributed by atoms with Gasteiger partial charge in [0.1, 0.15) is 0 Å². The van der Waals surface area contributed by atoms with E-state index in [4.69, 9.17) is 4.74 Å². The fourth-order valence-corrected chi connectivity index (χ4v) is 3.00. The van der Waals surface area contributed by atoms with Gasteiger partial charge in [-0.05, 0) is 35.6 Å². The summed E-state index contributed by atoms with van der Waals surface area (Å²) in [6, 6.07) is 4.07. The molecule has 1 unspecified atom stereocenters. The largest absolute Gasteiger partial charge is 0.389 e. The molecule has 0 bridgehead atoms. The lowest BCUT2D eigenvalue weighted by Crippen LogP contribution is -2.35. The van der Waals surface area contributed by atoms with Crippen LogP contribution in [0.25, 0.3) is 0 Å². The molecule has 1 heterocycles. The maximum Gasteiger partial charge on any atom is 0.0897 e. The third-order valence-corrected chi connectivity index (χ3v) is 4.96. The van der Waals surface area contributed by atoms with Crippen LogP contribution < -0.4 is 5.32 Å². The first-order chi connectivity index (χ1) is 9.12. The molecular weight excluding hydrogens is 258 g/mol. The summed E-state index contributed by atoms with van der Waals surface area (Å²) in [5.74, 6) is 0.729. The molecule has 3 nitrogen and oxygen atoms in total. The molecule has 1 atom stereocenters. The van der Waals surface area contributed by atoms with Crippen LogP contribution in [0.3, 0.4) is 0 Å². The second kappa shape index (κ2) is 6.84. The highest BCUT2D eigenvalue weighted by Crippen LogP contribution is 2.51. The van der Waals surface area contributed by atoms with E-state index in [2.05, 4.69) is 25.2 Å². The normalized spacial score (nSPS) is 18.7. The van der Waals surface area contributed by atoms with Crippen molar-refractivity contribution in [3.8, 4) is 0 Å². The highest BCUT2D eigenvalue weighted by molar-refractivity contribution is 7.09. The molecule has 0 amide bonds. The van der Waals surface area contributed by atoms with Gasteiger partial charge in [-0.25, -0.2) is 0 Å². The molecule has 0 aromatic carbocycles. The Morgan fingerprint density at radius 1 is 1.47 bits per heavy atom. The monoisotopic (exact) mass is 283 g/mol. The summed E-state index contributed by atoms with van der Waals surface area (Å²) in [6.07, 6.45) is 2.23. The number of nitrogens with one attached hydrogen (secondary N) is 1. The Kier molecular flexibility index (Phi) is 5.39. The molecule has 4 heteroatoms. The molecule has 108 valence electrons. The van der Waals surface area contributed by atoms with Gasteiger partial charge in [-0.15, -0.1) is 11.3 Å². The molecule has 1 aromatic rings. The van der Waals surface area contributed by atoms with Gasteiger partial charge in [-0.1, -0.05) is 19.9 Å². The summed E-state index contributed by atoms with van der Waals surface area (Å²) < 4.78 is 5.51. The summed E-state index contributed by atoms with van der Waals surface area (Å²) in [4.78, 5) is 1.21. The molecule has 0 saturated heterocycles. The summed E-state index contributed by atoms with van der Waals surface area (Å²) in [5.41, 5.74) is 0.498. The smallest absolute Gasteiger partial charge is 0.0897 e. The molecule has 1 aliphatic rings. The maximum absolute atomic E-state index is 9.85. The lowest BCUT2D eigenvalue weighted by atomic mass is 9.92. The molecule has 0 radical (unpaired) electrons. The molecule has 1 fully saturated rings. The third kappa shape index (κ3) is 4.56. The van der Waals surface area contributed by atoms with Crippen LogP contribution in [-0.4, -0.2) is 30.9 Å². The van der Waals surface area contributed by atoms with Crippen molar-refractivity contribution in [2.45, 2.75) is 39.4 Å². The zero-order valence-corrected chi connectivity index (χ0v) is 12.7. The van der Waals surface area contributed by atoms with E-state index >= 15 is 0 Å². The molecular formula is C15H25NO2S. The van der Waals surface area contributed by atoms with Gasteiger partial charge in [-0.3, -0.25) is 0 Å². The predicted molar refractivity (Wildman–Crippen MR) is 79.4 cm³/mol. The Bertz CT molecular complexity index is 360. The van der Waals surface area contributed by atoms with Gasteiger partial charge in [0, 0.05) is 18.0 Å². The third-order valence-electron chi connectivity index (χ3n) is 4.11. The first-order valence-electron chi connectivity index (χ1n) is 7.11. The number of hydrogen-bond acceptors (Lipinski definition) is 4. The van der Waals surface area contributed by atoms with Crippen molar-refractivity contribution in [1.82, 2.24) is 5.32 Å². The number of thiophene rings is 1. The van der Waals surface area contributed by atoms with E-state index in [0.29, 0.717) is 25.2 Å². The fourth-order valence-electron chi connectivity index (χ4n) is 2.36. The molecule has 1 saturated carbocycles. The fraction of sp³-hybridized carbons (Fsp3) is 0.733. The lowest BCUT2D eigenvalue weighted by molar-refractivity contribution is 0.0290. The van der Waals surface area contributed by atoms with Crippen LogP contribution in [0, 0.1) is 11.3 Å². The summed E-state index contributed by atoms with van der Waals surface area (Å²) in [6.45, 7) is 7.22. The van der Waals surface area contributed by atoms with Crippen molar-refractivity contribution in [3.05, 3.63) is 22.4 Å². The number of rotatable bonds is 9. The first-order valence-corrected chi connectivity index (χ1v) is 7.99. The minimum Gasteiger partial charge on any atom is -0.389 e. The molecule has 2 N–H and O–H groups in total. The zero-order chi connectivity index (χ0) is 13.7. The molecule has 1 aromatic heterocycles. The highest BCUT2D eigenvalue weighted by Gasteiger charge is 2.44. The van der Waals surface area contributed by atoms with E-state index in [1.165, 1.54) is 17.7 Å². The van der Waals surface area contributed by atoms with E-state index in [1.807, 2.05) is 11.4 Å². The molecule has 19 heavy (non-hydrogen) atoms. The van der Waals surface area contributed by atoms with Gasteiger partial charge >= 0.3 is 0 Å². The van der Waals surface area contributed by atoms with E-state index < -0.39 is 6.10 Å². The molecule has 0 spiro atoms. The number of aliphatic hydroxyl groups is 1. The van der Waals surface area contributed by atoms with E-state index in [0.717, 1.165) is 12.5 Å². The molecule has 1 aliphatic carbocycles. The summed E-state index contributed by atoms with van der Waals surface area (Å²) in [7, 11) is 0. The van der Waals surface area contributed by atoms with Crippen LogP contribution in [0.2, 0.25) is 0 Å². The number of hydrogen-bond donors (Lipinski definition) is 2. The Hall–Kier alpha value is -0.420. The van der Waals surface area contributed by atoms with Gasteiger partial charge in [-0.2, -0.15) is 0 Å². The Balaban J connectivity index is 1.54. The van der Waals surface area contributed by atoms with Crippen molar-refractivity contribution < 1.29 is 9.84 Å². The van der Waals surface area contributed by atoms with Crippen LogP contribution in [0.5, 0.6) is 0 Å². The van der Waals surface area contributed by atoms with Crippen LogP contribution in [-0.2, 0) is 11.3 Å². The van der Waals surface area contributed by atoms with Crippen LogP contribution >= 0.6 is 11.3 Å². The lowest BCUT2D eigenvalue weighted by Gasteiger charge is -2.21. The summed E-state index contributed by atoms with van der Waals surface area (Å²) >= 11 is 1.69. The van der Waals surface area contributed by atoms with Crippen molar-refractivity contribution in [2.75, 3.05) is 19.7 Å². The van der Waals surface area contributed by atoms with Crippen molar-refractivity contribution >= 4 is 11.3 Å². The maximum atomic E-state index is 9.85. The van der Waals surface area contributed by atoms with Gasteiger partial charge in [0.05, 0.1) is 19.3 Å². The molecule has 0 aliphatic heterocycles. The first kappa shape index (κ1) is 15.0. The average Bonchev–Trinajstić information content (AvgIpc) is 2.98. The zero-order valence-electron chi connectivity index (χ0n) is 11.9. The average molecular weight is 283 g/mol. The minimum atomic E-state index is -0.414.